The molecule has 36 heavy (non-hydrogen) atoms. The Labute approximate surface area is 210 Å². The average Bonchev–Trinajstić information content (AvgIpc) is 3.30. The summed E-state index contributed by atoms with van der Waals surface area (Å²) in [5, 5.41) is 3.24. The van der Waals surface area contributed by atoms with Crippen LogP contribution in [0, 0.1) is 4.77 Å². The SMILES string of the molecule is O=C1C2=C(Nc3[nH]c(=S)[nH]c(=O)c3C23C(=O)N(Cc2ccccc2)c2ccccc23)c2ccccc21. The number of rotatable bonds is 2. The number of ketones is 1. The molecule has 1 amide bonds. The second-order valence-electron chi connectivity index (χ2n) is 9.05. The van der Waals surface area contributed by atoms with E-state index in [1.807, 2.05) is 66.7 Å². The second kappa shape index (κ2) is 7.22. The van der Waals surface area contributed by atoms with Crippen LogP contribution in [-0.2, 0) is 16.8 Å². The minimum Gasteiger partial charge on any atom is -0.340 e. The van der Waals surface area contributed by atoms with Crippen molar-refractivity contribution in [3.05, 3.63) is 127 Å². The van der Waals surface area contributed by atoms with Gasteiger partial charge in [0.2, 0.25) is 5.91 Å². The van der Waals surface area contributed by atoms with Crippen molar-refractivity contribution in [2.24, 2.45) is 0 Å². The van der Waals surface area contributed by atoms with Crippen molar-refractivity contribution < 1.29 is 9.59 Å². The first kappa shape index (κ1) is 20.8. The Morgan fingerprint density at radius 3 is 2.31 bits per heavy atom. The number of H-pyrrole nitrogens is 2. The fourth-order valence-electron chi connectivity index (χ4n) is 5.82. The van der Waals surface area contributed by atoms with Crippen LogP contribution in [0.15, 0.2) is 89.2 Å². The normalized spacial score (nSPS) is 19.2. The van der Waals surface area contributed by atoms with Crippen molar-refractivity contribution in [2.75, 3.05) is 10.2 Å². The van der Waals surface area contributed by atoms with Gasteiger partial charge in [0.15, 0.2) is 10.6 Å². The first-order chi connectivity index (χ1) is 17.5. The zero-order valence-corrected chi connectivity index (χ0v) is 19.6. The Hall–Kier alpha value is -4.56. The lowest BCUT2D eigenvalue weighted by atomic mass is 9.67. The largest absolute Gasteiger partial charge is 0.340 e. The van der Waals surface area contributed by atoms with Gasteiger partial charge in [-0.15, -0.1) is 0 Å². The third-order valence-corrected chi connectivity index (χ3v) is 7.41. The van der Waals surface area contributed by atoms with Crippen LogP contribution in [0.3, 0.4) is 0 Å². The molecule has 4 aromatic rings. The lowest BCUT2D eigenvalue weighted by molar-refractivity contribution is -0.120. The van der Waals surface area contributed by atoms with Gasteiger partial charge in [0.05, 0.1) is 17.8 Å². The molecule has 1 aliphatic carbocycles. The Morgan fingerprint density at radius 2 is 1.50 bits per heavy atom. The topological polar surface area (TPSA) is 98.1 Å². The van der Waals surface area contributed by atoms with Crippen molar-refractivity contribution in [3.8, 4) is 0 Å². The van der Waals surface area contributed by atoms with Gasteiger partial charge in [0, 0.05) is 28.0 Å². The average molecular weight is 491 g/mol. The molecule has 1 unspecified atom stereocenters. The number of aromatic nitrogens is 2. The van der Waals surface area contributed by atoms with Gasteiger partial charge < -0.3 is 15.2 Å². The van der Waals surface area contributed by atoms with E-state index in [9.17, 15) is 14.4 Å². The molecule has 1 spiro atoms. The molecule has 3 aromatic carbocycles. The fraction of sp³-hybridized carbons (Fsp3) is 0.0714. The van der Waals surface area contributed by atoms with Gasteiger partial charge >= 0.3 is 0 Å². The van der Waals surface area contributed by atoms with Crippen LogP contribution < -0.4 is 15.8 Å². The molecule has 174 valence electrons. The molecule has 8 heteroatoms. The molecule has 0 saturated heterocycles. The van der Waals surface area contributed by atoms with E-state index in [2.05, 4.69) is 15.3 Å². The van der Waals surface area contributed by atoms with Crippen molar-refractivity contribution in [1.29, 1.82) is 0 Å². The number of para-hydroxylation sites is 1. The molecule has 1 aromatic heterocycles. The van der Waals surface area contributed by atoms with Crippen LogP contribution in [0.25, 0.3) is 5.70 Å². The Bertz CT molecular complexity index is 1790. The lowest BCUT2D eigenvalue weighted by Crippen LogP contribution is -2.49. The number of hydrogen-bond donors (Lipinski definition) is 3. The Kier molecular flexibility index (Phi) is 4.17. The third kappa shape index (κ3) is 2.51. The second-order valence-corrected chi connectivity index (χ2v) is 9.46. The number of carbonyl (C=O) groups is 2. The lowest BCUT2D eigenvalue weighted by Gasteiger charge is -2.35. The zero-order valence-electron chi connectivity index (χ0n) is 18.8. The van der Waals surface area contributed by atoms with Crippen LogP contribution in [0.5, 0.6) is 0 Å². The van der Waals surface area contributed by atoms with Gasteiger partial charge in [-0.05, 0) is 23.8 Å². The number of carbonyl (C=O) groups excluding carboxylic acids is 2. The number of Topliss-reactive ketones (excluding diaryl/α,β-unsaturated/α-hetero) is 1. The maximum Gasteiger partial charge on any atom is 0.258 e. The number of aromatic amines is 2. The number of amides is 1. The van der Waals surface area contributed by atoms with Gasteiger partial charge in [-0.3, -0.25) is 19.4 Å². The number of fused-ring (bicyclic) bond motifs is 7. The van der Waals surface area contributed by atoms with Gasteiger partial charge in [-0.25, -0.2) is 0 Å². The number of nitrogens with one attached hydrogen (secondary N) is 3. The highest BCUT2D eigenvalue weighted by Crippen LogP contribution is 2.57. The molecule has 0 saturated carbocycles. The predicted molar refractivity (Wildman–Crippen MR) is 138 cm³/mol. The summed E-state index contributed by atoms with van der Waals surface area (Å²) >= 11 is 5.26. The monoisotopic (exact) mass is 490 g/mol. The van der Waals surface area contributed by atoms with Gasteiger partial charge in [-0.1, -0.05) is 72.8 Å². The summed E-state index contributed by atoms with van der Waals surface area (Å²) in [5.41, 5.74) is 2.15. The molecule has 0 fully saturated rings. The summed E-state index contributed by atoms with van der Waals surface area (Å²) in [7, 11) is 0. The summed E-state index contributed by atoms with van der Waals surface area (Å²) in [6.07, 6.45) is 0. The highest BCUT2D eigenvalue weighted by atomic mass is 32.1. The molecule has 1 atom stereocenters. The Morgan fingerprint density at radius 1 is 0.806 bits per heavy atom. The molecule has 7 rings (SSSR count). The van der Waals surface area contributed by atoms with Crippen LogP contribution in [0.2, 0.25) is 0 Å². The van der Waals surface area contributed by atoms with E-state index >= 15 is 0 Å². The molecule has 7 nitrogen and oxygen atoms in total. The molecular weight excluding hydrogens is 472 g/mol. The third-order valence-electron chi connectivity index (χ3n) is 7.21. The Balaban J connectivity index is 1.58. The minimum absolute atomic E-state index is 0.128. The van der Waals surface area contributed by atoms with E-state index in [1.165, 1.54) is 0 Å². The number of benzene rings is 3. The van der Waals surface area contributed by atoms with E-state index in [4.69, 9.17) is 12.2 Å². The standard InChI is InChI=1S/C28H18N4O3S/c33-23-17-11-5-4-10-16(17)22-20(23)28(21-24(29-22)30-27(36)31-25(21)34)18-12-6-7-13-19(18)32(26(28)35)14-15-8-2-1-3-9-15/h1-13H,14H2,(H3,29,30,31,34,36). The number of nitrogens with zero attached hydrogens (tertiary/aromatic N) is 1. The quantitative estimate of drug-likeness (QED) is 0.364. The molecule has 3 aliphatic rings. The van der Waals surface area contributed by atoms with Crippen molar-refractivity contribution in [3.63, 3.8) is 0 Å². The van der Waals surface area contributed by atoms with Crippen molar-refractivity contribution >= 4 is 41.1 Å². The number of hydrogen-bond acceptors (Lipinski definition) is 5. The van der Waals surface area contributed by atoms with Crippen LogP contribution in [0.1, 0.15) is 32.6 Å². The maximum absolute atomic E-state index is 14.7. The molecule has 0 bridgehead atoms. The fourth-order valence-corrected chi connectivity index (χ4v) is 6.01. The van der Waals surface area contributed by atoms with E-state index in [-0.39, 0.29) is 27.6 Å². The van der Waals surface area contributed by atoms with Crippen LogP contribution in [0.4, 0.5) is 11.5 Å². The van der Waals surface area contributed by atoms with Gasteiger partial charge in [-0.2, -0.15) is 0 Å². The van der Waals surface area contributed by atoms with Gasteiger partial charge in [0.1, 0.15) is 11.2 Å². The first-order valence-electron chi connectivity index (χ1n) is 11.5. The van der Waals surface area contributed by atoms with Crippen molar-refractivity contribution in [1.82, 2.24) is 9.97 Å². The van der Waals surface area contributed by atoms with E-state index in [1.54, 1.807) is 17.0 Å². The smallest absolute Gasteiger partial charge is 0.258 e. The van der Waals surface area contributed by atoms with E-state index in [0.717, 1.165) is 5.56 Å². The molecule has 3 heterocycles. The van der Waals surface area contributed by atoms with Crippen molar-refractivity contribution in [2.45, 2.75) is 12.0 Å². The molecular formula is C28H18N4O3S. The predicted octanol–water partition coefficient (Wildman–Crippen LogP) is 4.30. The van der Waals surface area contributed by atoms with Crippen LogP contribution >= 0.6 is 12.2 Å². The van der Waals surface area contributed by atoms with E-state index < -0.39 is 11.0 Å². The number of anilines is 2. The highest BCUT2D eigenvalue weighted by molar-refractivity contribution is 7.71. The summed E-state index contributed by atoms with van der Waals surface area (Å²) in [6.45, 7) is 0.297. The summed E-state index contributed by atoms with van der Waals surface area (Å²) in [4.78, 5) is 49.6. The van der Waals surface area contributed by atoms with Crippen LogP contribution in [-0.4, -0.2) is 21.7 Å². The summed E-state index contributed by atoms with van der Waals surface area (Å²) in [6, 6.07) is 24.2. The first-order valence-corrected chi connectivity index (χ1v) is 11.9. The van der Waals surface area contributed by atoms with E-state index in [0.29, 0.717) is 40.4 Å². The van der Waals surface area contributed by atoms with Gasteiger partial charge in [0.25, 0.3) is 5.56 Å². The maximum atomic E-state index is 14.7. The summed E-state index contributed by atoms with van der Waals surface area (Å²) < 4.78 is 0.128. The zero-order chi connectivity index (χ0) is 24.6. The molecule has 2 aliphatic heterocycles. The molecule has 0 radical (unpaired) electrons. The minimum atomic E-state index is -1.63. The summed E-state index contributed by atoms with van der Waals surface area (Å²) in [5.74, 6) is -0.304. The highest BCUT2D eigenvalue weighted by Gasteiger charge is 2.62. The molecule has 3 N–H and O–H groups in total.